The van der Waals surface area contributed by atoms with Gasteiger partial charge in [0.2, 0.25) is 5.91 Å². The van der Waals surface area contributed by atoms with E-state index in [0.717, 1.165) is 11.3 Å². The van der Waals surface area contributed by atoms with Gasteiger partial charge in [0.05, 0.1) is 12.1 Å². The number of likely N-dealkylation sites (tertiary alicyclic amines) is 1. The lowest BCUT2D eigenvalue weighted by Gasteiger charge is -2.27. The summed E-state index contributed by atoms with van der Waals surface area (Å²) in [6.45, 7) is 1.19. The summed E-state index contributed by atoms with van der Waals surface area (Å²) in [5, 5.41) is 21.2. The summed E-state index contributed by atoms with van der Waals surface area (Å²) in [6.07, 6.45) is 1.55. The molecule has 0 radical (unpaired) electrons. The number of piperidine rings is 1. The molecule has 0 unspecified atom stereocenters. The van der Waals surface area contributed by atoms with Crippen molar-refractivity contribution in [3.05, 3.63) is 29.8 Å². The lowest BCUT2D eigenvalue weighted by molar-refractivity contribution is -0.130. The monoisotopic (exact) mass is 248 g/mol. The van der Waals surface area contributed by atoms with Gasteiger partial charge in [-0.25, -0.2) is 0 Å². The summed E-state index contributed by atoms with van der Waals surface area (Å²) in [5.74, 6) is 0.214. The van der Waals surface area contributed by atoms with Crippen LogP contribution in [0.4, 0.5) is 0 Å². The van der Waals surface area contributed by atoms with E-state index in [9.17, 15) is 9.90 Å². The average molecular weight is 248 g/mol. The van der Waals surface area contributed by atoms with Gasteiger partial charge in [0.25, 0.3) is 0 Å². The highest BCUT2D eigenvalue weighted by Gasteiger charge is 2.20. The van der Waals surface area contributed by atoms with Gasteiger partial charge in [-0.05, 0) is 17.7 Å². The van der Waals surface area contributed by atoms with Crippen LogP contribution in [0.3, 0.4) is 0 Å². The van der Waals surface area contributed by atoms with E-state index in [2.05, 4.69) is 5.16 Å². The summed E-state index contributed by atoms with van der Waals surface area (Å²) in [4.78, 5) is 13.8. The van der Waals surface area contributed by atoms with Crippen LogP contribution >= 0.6 is 0 Å². The molecule has 1 aliphatic rings. The molecule has 5 nitrogen and oxygen atoms in total. The molecule has 0 aliphatic carbocycles. The fourth-order valence-corrected chi connectivity index (χ4v) is 2.07. The van der Waals surface area contributed by atoms with Gasteiger partial charge in [-0.3, -0.25) is 4.79 Å². The first kappa shape index (κ1) is 12.4. The number of phenolic OH excluding ortho intramolecular Hbond substituents is 1. The van der Waals surface area contributed by atoms with Crippen LogP contribution in [0, 0.1) is 0 Å². The summed E-state index contributed by atoms with van der Waals surface area (Å²) < 4.78 is 0. The Morgan fingerprint density at radius 1 is 1.33 bits per heavy atom. The van der Waals surface area contributed by atoms with Crippen LogP contribution in [-0.2, 0) is 11.2 Å². The summed E-state index contributed by atoms with van der Waals surface area (Å²) in [7, 11) is 0. The smallest absolute Gasteiger partial charge is 0.227 e. The summed E-state index contributed by atoms with van der Waals surface area (Å²) in [6, 6.07) is 6.73. The number of benzene rings is 1. The molecule has 0 saturated carbocycles. The molecule has 1 amide bonds. The number of hydrogen-bond donors (Lipinski definition) is 2. The first-order valence-corrected chi connectivity index (χ1v) is 5.94. The maximum atomic E-state index is 12.0. The predicted molar refractivity (Wildman–Crippen MR) is 66.8 cm³/mol. The van der Waals surface area contributed by atoms with E-state index in [0.29, 0.717) is 32.4 Å². The molecule has 0 atom stereocenters. The number of hydrogen-bond acceptors (Lipinski definition) is 4. The fourth-order valence-electron chi connectivity index (χ4n) is 2.07. The highest BCUT2D eigenvalue weighted by Crippen LogP contribution is 2.14. The Kier molecular flexibility index (Phi) is 3.82. The van der Waals surface area contributed by atoms with E-state index in [1.165, 1.54) is 0 Å². The van der Waals surface area contributed by atoms with Gasteiger partial charge in [-0.2, -0.15) is 0 Å². The Hall–Kier alpha value is -2.04. The highest BCUT2D eigenvalue weighted by atomic mass is 16.4. The second-order valence-electron chi connectivity index (χ2n) is 4.39. The Bertz CT molecular complexity index is 461. The van der Waals surface area contributed by atoms with Crippen LogP contribution in [0.25, 0.3) is 0 Å². The van der Waals surface area contributed by atoms with Crippen molar-refractivity contribution in [3.63, 3.8) is 0 Å². The quantitative estimate of drug-likeness (QED) is 0.613. The van der Waals surface area contributed by atoms with Gasteiger partial charge >= 0.3 is 0 Å². The van der Waals surface area contributed by atoms with E-state index in [1.807, 2.05) is 6.07 Å². The summed E-state index contributed by atoms with van der Waals surface area (Å²) in [5.41, 5.74) is 1.55. The Morgan fingerprint density at radius 3 is 2.67 bits per heavy atom. The molecule has 2 rings (SSSR count). The SMILES string of the molecule is O=C(Cc1cccc(O)c1)N1CCC(=NO)CC1. The summed E-state index contributed by atoms with van der Waals surface area (Å²) >= 11 is 0. The minimum absolute atomic E-state index is 0.0394. The van der Waals surface area contributed by atoms with Crippen molar-refractivity contribution in [1.82, 2.24) is 4.90 Å². The van der Waals surface area contributed by atoms with Gasteiger partial charge in [-0.1, -0.05) is 17.3 Å². The molecule has 0 bridgehead atoms. The number of amides is 1. The van der Waals surface area contributed by atoms with Crippen molar-refractivity contribution < 1.29 is 15.1 Å². The molecular weight excluding hydrogens is 232 g/mol. The Labute approximate surface area is 105 Å². The Balaban J connectivity index is 1.93. The Morgan fingerprint density at radius 2 is 2.06 bits per heavy atom. The molecule has 0 aromatic heterocycles. The molecular formula is C13H16N2O3. The van der Waals surface area contributed by atoms with Gasteiger partial charge < -0.3 is 15.2 Å². The van der Waals surface area contributed by atoms with Gasteiger partial charge in [0.1, 0.15) is 5.75 Å². The maximum absolute atomic E-state index is 12.0. The number of rotatable bonds is 2. The third-order valence-electron chi connectivity index (χ3n) is 3.10. The van der Waals surface area contributed by atoms with Crippen molar-refractivity contribution in [1.29, 1.82) is 0 Å². The normalized spacial score (nSPS) is 15.6. The third kappa shape index (κ3) is 3.00. The van der Waals surface area contributed by atoms with Crippen molar-refractivity contribution in [3.8, 4) is 5.75 Å². The fraction of sp³-hybridized carbons (Fsp3) is 0.385. The third-order valence-corrected chi connectivity index (χ3v) is 3.10. The molecule has 1 aromatic carbocycles. The standard InChI is InChI=1S/C13H16N2O3/c16-12-3-1-2-10(8-12)9-13(17)15-6-4-11(14-18)5-7-15/h1-3,8,16,18H,4-7,9H2. The molecule has 1 heterocycles. The number of oxime groups is 1. The van der Waals surface area contributed by atoms with Crippen LogP contribution in [-0.4, -0.2) is 39.9 Å². The van der Waals surface area contributed by atoms with Crippen molar-refractivity contribution in [2.75, 3.05) is 13.1 Å². The first-order valence-electron chi connectivity index (χ1n) is 5.94. The number of carbonyl (C=O) groups excluding carboxylic acids is 1. The van der Waals surface area contributed by atoms with Crippen molar-refractivity contribution >= 4 is 11.6 Å². The minimum atomic E-state index is 0.0394. The molecule has 1 aliphatic heterocycles. The molecule has 5 heteroatoms. The van der Waals surface area contributed by atoms with E-state index < -0.39 is 0 Å². The zero-order valence-corrected chi connectivity index (χ0v) is 10.0. The van der Waals surface area contributed by atoms with Crippen LogP contribution in [0.1, 0.15) is 18.4 Å². The maximum Gasteiger partial charge on any atom is 0.227 e. The van der Waals surface area contributed by atoms with E-state index in [-0.39, 0.29) is 11.7 Å². The van der Waals surface area contributed by atoms with Crippen molar-refractivity contribution in [2.24, 2.45) is 5.16 Å². The molecule has 0 spiro atoms. The lowest BCUT2D eigenvalue weighted by atomic mass is 10.1. The van der Waals surface area contributed by atoms with E-state index >= 15 is 0 Å². The van der Waals surface area contributed by atoms with Gasteiger partial charge in [-0.15, -0.1) is 0 Å². The van der Waals surface area contributed by atoms with Crippen molar-refractivity contribution in [2.45, 2.75) is 19.3 Å². The predicted octanol–water partition coefficient (Wildman–Crippen LogP) is 1.39. The topological polar surface area (TPSA) is 73.1 Å². The number of phenols is 1. The van der Waals surface area contributed by atoms with Crippen LogP contribution < -0.4 is 0 Å². The molecule has 1 saturated heterocycles. The highest BCUT2D eigenvalue weighted by molar-refractivity contribution is 5.87. The molecule has 1 aromatic rings. The number of nitrogens with zero attached hydrogens (tertiary/aromatic N) is 2. The largest absolute Gasteiger partial charge is 0.508 e. The van der Waals surface area contributed by atoms with Crippen LogP contribution in [0.2, 0.25) is 0 Å². The van der Waals surface area contributed by atoms with E-state index in [1.54, 1.807) is 23.1 Å². The van der Waals surface area contributed by atoms with Gasteiger partial charge in [0, 0.05) is 25.9 Å². The molecule has 2 N–H and O–H groups in total. The van der Waals surface area contributed by atoms with Crippen LogP contribution in [0.15, 0.2) is 29.4 Å². The zero-order valence-electron chi connectivity index (χ0n) is 10.0. The van der Waals surface area contributed by atoms with E-state index in [4.69, 9.17) is 5.21 Å². The minimum Gasteiger partial charge on any atom is -0.508 e. The van der Waals surface area contributed by atoms with Gasteiger partial charge in [0.15, 0.2) is 0 Å². The average Bonchev–Trinajstić information content (AvgIpc) is 2.39. The zero-order chi connectivity index (χ0) is 13.0. The molecule has 18 heavy (non-hydrogen) atoms. The molecule has 1 fully saturated rings. The molecule has 96 valence electrons. The first-order chi connectivity index (χ1) is 8.69. The number of carbonyl (C=O) groups is 1. The second kappa shape index (κ2) is 5.53. The van der Waals surface area contributed by atoms with Crippen LogP contribution in [0.5, 0.6) is 5.75 Å². The lowest BCUT2D eigenvalue weighted by Crippen LogP contribution is -2.39. The second-order valence-corrected chi connectivity index (χ2v) is 4.39. The number of aromatic hydroxyl groups is 1.